The average Bonchev–Trinajstić information content (AvgIpc) is 2.48. The number of hydrogen-bond donors (Lipinski definition) is 1. The molecule has 1 N–H and O–H groups in total. The van der Waals surface area contributed by atoms with E-state index in [9.17, 15) is 0 Å². The maximum atomic E-state index is 9.12. The van der Waals surface area contributed by atoms with Crippen molar-refractivity contribution in [2.75, 3.05) is 0 Å². The second-order valence-electron chi connectivity index (χ2n) is 3.67. The van der Waals surface area contributed by atoms with E-state index in [4.69, 9.17) is 5.11 Å². The van der Waals surface area contributed by atoms with Gasteiger partial charge in [-0.05, 0) is 35.8 Å². The predicted octanol–water partition coefficient (Wildman–Crippen LogP) is 3.14. The molecular formula is C11H18OS. The summed E-state index contributed by atoms with van der Waals surface area (Å²) >= 11 is 1.75. The van der Waals surface area contributed by atoms with Gasteiger partial charge in [0, 0.05) is 4.88 Å². The van der Waals surface area contributed by atoms with Crippen molar-refractivity contribution >= 4 is 11.3 Å². The minimum Gasteiger partial charge on any atom is -0.392 e. The highest BCUT2D eigenvalue weighted by Gasteiger charge is 2.10. The molecule has 0 bridgehead atoms. The van der Waals surface area contributed by atoms with Crippen molar-refractivity contribution in [2.24, 2.45) is 5.92 Å². The molecule has 1 aromatic heterocycles. The lowest BCUT2D eigenvalue weighted by Crippen LogP contribution is -2.00. The fraction of sp³-hybridized carbons (Fsp3) is 0.636. The van der Waals surface area contributed by atoms with Gasteiger partial charge in [-0.1, -0.05) is 20.3 Å². The molecule has 0 saturated carbocycles. The van der Waals surface area contributed by atoms with Crippen LogP contribution < -0.4 is 0 Å². The number of aryl methyl sites for hydroxylation is 1. The minimum absolute atomic E-state index is 0.191. The molecule has 0 aliphatic rings. The summed E-state index contributed by atoms with van der Waals surface area (Å²) in [6.45, 7) is 6.81. The molecule has 0 amide bonds. The van der Waals surface area contributed by atoms with Crippen molar-refractivity contribution in [3.63, 3.8) is 0 Å². The lowest BCUT2D eigenvalue weighted by atomic mass is 9.97. The molecule has 1 heterocycles. The molecule has 0 aliphatic carbocycles. The smallest absolute Gasteiger partial charge is 0.0692 e. The largest absolute Gasteiger partial charge is 0.392 e. The number of aliphatic hydroxyl groups excluding tert-OH is 1. The van der Waals surface area contributed by atoms with Gasteiger partial charge < -0.3 is 5.11 Å². The minimum atomic E-state index is 0.191. The molecule has 13 heavy (non-hydrogen) atoms. The topological polar surface area (TPSA) is 20.2 Å². The SMILES string of the molecule is CCC(C)Cc1c(CO)csc1C. The molecule has 2 heteroatoms. The zero-order chi connectivity index (χ0) is 9.84. The molecule has 0 fully saturated rings. The summed E-state index contributed by atoms with van der Waals surface area (Å²) in [6, 6.07) is 0. The highest BCUT2D eigenvalue weighted by Crippen LogP contribution is 2.25. The Morgan fingerprint density at radius 2 is 2.23 bits per heavy atom. The van der Waals surface area contributed by atoms with Gasteiger partial charge >= 0.3 is 0 Å². The number of rotatable bonds is 4. The monoisotopic (exact) mass is 198 g/mol. The van der Waals surface area contributed by atoms with Gasteiger partial charge in [-0.2, -0.15) is 0 Å². The highest BCUT2D eigenvalue weighted by atomic mass is 32.1. The van der Waals surface area contributed by atoms with Crippen molar-refractivity contribution in [1.82, 2.24) is 0 Å². The van der Waals surface area contributed by atoms with E-state index in [1.54, 1.807) is 11.3 Å². The van der Waals surface area contributed by atoms with Crippen LogP contribution in [-0.2, 0) is 13.0 Å². The van der Waals surface area contributed by atoms with Crippen LogP contribution in [0.15, 0.2) is 5.38 Å². The van der Waals surface area contributed by atoms with Crippen molar-refractivity contribution in [2.45, 2.75) is 40.2 Å². The molecular weight excluding hydrogens is 180 g/mol. The van der Waals surface area contributed by atoms with E-state index in [1.165, 1.54) is 16.9 Å². The average molecular weight is 198 g/mol. The third-order valence-corrected chi connectivity index (χ3v) is 3.61. The van der Waals surface area contributed by atoms with Gasteiger partial charge in [-0.15, -0.1) is 11.3 Å². The Morgan fingerprint density at radius 1 is 1.54 bits per heavy atom. The molecule has 0 spiro atoms. The van der Waals surface area contributed by atoms with Gasteiger partial charge in [0.2, 0.25) is 0 Å². The van der Waals surface area contributed by atoms with Crippen LogP contribution in [0.3, 0.4) is 0 Å². The summed E-state index contributed by atoms with van der Waals surface area (Å²) in [5.41, 5.74) is 2.50. The lowest BCUT2D eigenvalue weighted by Gasteiger charge is -2.09. The highest BCUT2D eigenvalue weighted by molar-refractivity contribution is 7.10. The fourth-order valence-corrected chi connectivity index (χ4v) is 2.32. The Balaban J connectivity index is 2.79. The maximum Gasteiger partial charge on any atom is 0.0692 e. The summed E-state index contributed by atoms with van der Waals surface area (Å²) in [5.74, 6) is 0.721. The zero-order valence-electron chi connectivity index (χ0n) is 8.63. The Bertz CT molecular complexity index is 265. The fourth-order valence-electron chi connectivity index (χ4n) is 1.43. The van der Waals surface area contributed by atoms with Crippen LogP contribution in [0.25, 0.3) is 0 Å². The van der Waals surface area contributed by atoms with Crippen LogP contribution >= 0.6 is 11.3 Å². The molecule has 74 valence electrons. The first kappa shape index (κ1) is 10.7. The molecule has 0 aromatic carbocycles. The summed E-state index contributed by atoms with van der Waals surface area (Å²) in [4.78, 5) is 1.37. The zero-order valence-corrected chi connectivity index (χ0v) is 9.45. The maximum absolute atomic E-state index is 9.12. The van der Waals surface area contributed by atoms with Crippen LogP contribution in [0, 0.1) is 12.8 Å². The first-order chi connectivity index (χ1) is 6.19. The third-order valence-electron chi connectivity index (χ3n) is 2.61. The number of aliphatic hydroxyl groups is 1. The Morgan fingerprint density at radius 3 is 2.77 bits per heavy atom. The summed E-state index contributed by atoms with van der Waals surface area (Å²) in [5, 5.41) is 11.2. The van der Waals surface area contributed by atoms with E-state index in [0.717, 1.165) is 17.9 Å². The second-order valence-corrected chi connectivity index (χ2v) is 4.76. The van der Waals surface area contributed by atoms with Gasteiger partial charge in [0.1, 0.15) is 0 Å². The molecule has 1 aromatic rings. The molecule has 0 saturated heterocycles. The van der Waals surface area contributed by atoms with Gasteiger partial charge in [0.05, 0.1) is 6.61 Å². The number of hydrogen-bond acceptors (Lipinski definition) is 2. The first-order valence-electron chi connectivity index (χ1n) is 4.85. The standard InChI is InChI=1S/C11H18OS/c1-4-8(2)5-11-9(3)13-7-10(11)6-12/h7-8,12H,4-6H2,1-3H3. The summed E-state index contributed by atoms with van der Waals surface area (Å²) < 4.78 is 0. The van der Waals surface area contributed by atoms with Crippen molar-refractivity contribution in [1.29, 1.82) is 0 Å². The van der Waals surface area contributed by atoms with Crippen molar-refractivity contribution in [3.05, 3.63) is 21.4 Å². The Hall–Kier alpha value is -0.340. The first-order valence-corrected chi connectivity index (χ1v) is 5.73. The molecule has 1 nitrogen and oxygen atoms in total. The third kappa shape index (κ3) is 2.55. The molecule has 0 radical (unpaired) electrons. The Labute approximate surface area is 84.4 Å². The van der Waals surface area contributed by atoms with Crippen molar-refractivity contribution in [3.8, 4) is 0 Å². The second kappa shape index (κ2) is 4.77. The van der Waals surface area contributed by atoms with Crippen molar-refractivity contribution < 1.29 is 5.11 Å². The van der Waals surface area contributed by atoms with Gasteiger partial charge in [-0.25, -0.2) is 0 Å². The molecule has 1 atom stereocenters. The summed E-state index contributed by atoms with van der Waals surface area (Å²) in [7, 11) is 0. The van der Waals surface area contributed by atoms with Crippen LogP contribution in [0.5, 0.6) is 0 Å². The van der Waals surface area contributed by atoms with E-state index in [0.29, 0.717) is 0 Å². The van der Waals surface area contributed by atoms with E-state index >= 15 is 0 Å². The predicted molar refractivity (Wildman–Crippen MR) is 58.1 cm³/mol. The van der Waals surface area contributed by atoms with Crippen LogP contribution in [-0.4, -0.2) is 5.11 Å². The van der Waals surface area contributed by atoms with Gasteiger partial charge in [0.15, 0.2) is 0 Å². The van der Waals surface area contributed by atoms with E-state index in [2.05, 4.69) is 26.2 Å². The normalized spacial score (nSPS) is 13.2. The number of thiophene rings is 1. The van der Waals surface area contributed by atoms with Gasteiger partial charge in [-0.3, -0.25) is 0 Å². The van der Waals surface area contributed by atoms with E-state index in [1.807, 2.05) is 0 Å². The van der Waals surface area contributed by atoms with Crippen LogP contribution in [0.1, 0.15) is 36.3 Å². The lowest BCUT2D eigenvalue weighted by molar-refractivity contribution is 0.280. The van der Waals surface area contributed by atoms with Gasteiger partial charge in [0.25, 0.3) is 0 Å². The molecule has 1 unspecified atom stereocenters. The quantitative estimate of drug-likeness (QED) is 0.788. The van der Waals surface area contributed by atoms with E-state index in [-0.39, 0.29) is 6.61 Å². The Kier molecular flexibility index (Phi) is 3.94. The molecule has 0 aliphatic heterocycles. The molecule has 1 rings (SSSR count). The van der Waals surface area contributed by atoms with Crippen LogP contribution in [0.2, 0.25) is 0 Å². The van der Waals surface area contributed by atoms with Crippen LogP contribution in [0.4, 0.5) is 0 Å². The summed E-state index contributed by atoms with van der Waals surface area (Å²) in [6.07, 6.45) is 2.32. The van der Waals surface area contributed by atoms with E-state index < -0.39 is 0 Å².